The van der Waals surface area contributed by atoms with Crippen LogP contribution >= 0.6 is 11.6 Å². The largest absolute Gasteiger partial charge is 0.430 e. The van der Waals surface area contributed by atoms with Crippen LogP contribution in [0.15, 0.2) is 30.3 Å². The molecule has 0 unspecified atom stereocenters. The van der Waals surface area contributed by atoms with Gasteiger partial charge in [-0.2, -0.15) is 5.26 Å². The fourth-order valence-corrected chi connectivity index (χ4v) is 1.39. The van der Waals surface area contributed by atoms with E-state index < -0.39 is 4.92 Å². The lowest BCUT2D eigenvalue weighted by molar-refractivity contribution is -0.385. The van der Waals surface area contributed by atoms with Crippen molar-refractivity contribution >= 4 is 17.3 Å². The van der Waals surface area contributed by atoms with E-state index in [-0.39, 0.29) is 28.0 Å². The minimum absolute atomic E-state index is 0.0272. The Morgan fingerprint density at radius 2 is 2.11 bits per heavy atom. The average molecular weight is 277 g/mol. The summed E-state index contributed by atoms with van der Waals surface area (Å²) in [7, 11) is 0. The van der Waals surface area contributed by atoms with Gasteiger partial charge in [0, 0.05) is 12.1 Å². The fourth-order valence-electron chi connectivity index (χ4n) is 1.29. The Balaban J connectivity index is 2.37. The predicted octanol–water partition coefficient (Wildman–Crippen LogP) is 2.70. The second kappa shape index (κ2) is 5.29. The lowest BCUT2D eigenvalue weighted by Gasteiger charge is -2.04. The molecule has 0 bridgehead atoms. The first-order valence-corrected chi connectivity index (χ1v) is 5.33. The van der Waals surface area contributed by atoms with Gasteiger partial charge in [0.2, 0.25) is 11.6 Å². The molecule has 1 aromatic heterocycles. The van der Waals surface area contributed by atoms with Gasteiger partial charge < -0.3 is 4.74 Å². The first kappa shape index (κ1) is 12.7. The molecule has 0 saturated carbocycles. The average Bonchev–Trinajstić information content (AvgIpc) is 2.41. The smallest absolute Gasteiger partial charge is 0.312 e. The maximum atomic E-state index is 10.9. The molecule has 0 aliphatic carbocycles. The maximum Gasteiger partial charge on any atom is 0.312 e. The van der Waals surface area contributed by atoms with Crippen molar-refractivity contribution in [3.05, 3.63) is 51.2 Å². The first-order valence-electron chi connectivity index (χ1n) is 4.96. The molecule has 0 fully saturated rings. The van der Waals surface area contributed by atoms with Gasteiger partial charge in [-0.05, 0) is 18.2 Å². The molecule has 2 rings (SSSR count). The van der Waals surface area contributed by atoms with Crippen LogP contribution < -0.4 is 4.74 Å². The van der Waals surface area contributed by atoms with Crippen molar-refractivity contribution in [2.75, 3.05) is 0 Å². The fraction of sp³-hybridized carbons (Fsp3) is 0. The van der Waals surface area contributed by atoms with Crippen molar-refractivity contribution in [3.63, 3.8) is 0 Å². The van der Waals surface area contributed by atoms with Crippen LogP contribution in [0, 0.1) is 21.4 Å². The number of hydrogen-bond acceptors (Lipinski definition) is 6. The molecule has 0 atom stereocenters. The van der Waals surface area contributed by atoms with Crippen molar-refractivity contribution in [3.8, 4) is 17.7 Å². The summed E-state index contributed by atoms with van der Waals surface area (Å²) in [6.45, 7) is 0. The number of rotatable bonds is 3. The molecule has 7 nitrogen and oxygen atoms in total. The Morgan fingerprint density at radius 3 is 2.68 bits per heavy atom. The normalized spacial score (nSPS) is 9.68. The van der Waals surface area contributed by atoms with Gasteiger partial charge in [0.1, 0.15) is 0 Å². The number of benzene rings is 1. The highest BCUT2D eigenvalue weighted by atomic mass is 35.5. The van der Waals surface area contributed by atoms with E-state index in [1.54, 1.807) is 0 Å². The lowest BCUT2D eigenvalue weighted by atomic mass is 10.2. The van der Waals surface area contributed by atoms with Crippen molar-refractivity contribution in [1.29, 1.82) is 5.26 Å². The summed E-state index contributed by atoms with van der Waals surface area (Å²) in [4.78, 5) is 10.3. The molecule has 1 aromatic carbocycles. The zero-order valence-electron chi connectivity index (χ0n) is 9.28. The summed E-state index contributed by atoms with van der Waals surface area (Å²) in [5.41, 5.74) is -0.156. The predicted molar refractivity (Wildman–Crippen MR) is 64.9 cm³/mol. The minimum atomic E-state index is -0.639. The molecule has 0 saturated heterocycles. The van der Waals surface area contributed by atoms with Gasteiger partial charge in [-0.25, -0.2) is 0 Å². The zero-order valence-corrected chi connectivity index (χ0v) is 10.0. The van der Waals surface area contributed by atoms with Crippen LogP contribution in [0.2, 0.25) is 5.15 Å². The van der Waals surface area contributed by atoms with E-state index in [1.807, 2.05) is 6.07 Å². The molecule has 0 aliphatic rings. The van der Waals surface area contributed by atoms with E-state index in [2.05, 4.69) is 10.2 Å². The minimum Gasteiger partial charge on any atom is -0.430 e. The van der Waals surface area contributed by atoms with Crippen LogP contribution in [0.3, 0.4) is 0 Å². The number of ether oxygens (including phenoxy) is 1. The molecule has 19 heavy (non-hydrogen) atoms. The third kappa shape index (κ3) is 2.94. The Bertz CT molecular complexity index is 667. The monoisotopic (exact) mass is 276 g/mol. The molecular weight excluding hydrogens is 272 g/mol. The van der Waals surface area contributed by atoms with Gasteiger partial charge in [0.15, 0.2) is 5.15 Å². The SMILES string of the molecule is N#Cc1ccc(Oc2ccc(Cl)nn2)c([N+](=O)[O-])c1. The number of nitro groups is 1. The highest BCUT2D eigenvalue weighted by Gasteiger charge is 2.17. The van der Waals surface area contributed by atoms with E-state index in [1.165, 1.54) is 24.3 Å². The van der Waals surface area contributed by atoms with Crippen molar-refractivity contribution in [1.82, 2.24) is 10.2 Å². The van der Waals surface area contributed by atoms with E-state index in [9.17, 15) is 10.1 Å². The van der Waals surface area contributed by atoms with Crippen molar-refractivity contribution < 1.29 is 9.66 Å². The van der Waals surface area contributed by atoms with Crippen LogP contribution in [0.5, 0.6) is 11.6 Å². The highest BCUT2D eigenvalue weighted by molar-refractivity contribution is 6.29. The van der Waals surface area contributed by atoms with Gasteiger partial charge in [0.25, 0.3) is 0 Å². The summed E-state index contributed by atoms with van der Waals surface area (Å²) in [6, 6.07) is 8.55. The Morgan fingerprint density at radius 1 is 1.32 bits per heavy atom. The quantitative estimate of drug-likeness (QED) is 0.631. The molecule has 0 aliphatic heterocycles. The molecule has 0 spiro atoms. The number of nitro benzene ring substituents is 1. The number of hydrogen-bond donors (Lipinski definition) is 0. The topological polar surface area (TPSA) is 102 Å². The van der Waals surface area contributed by atoms with Crippen LogP contribution in [-0.2, 0) is 0 Å². The van der Waals surface area contributed by atoms with Gasteiger partial charge in [0.05, 0.1) is 16.6 Å². The summed E-state index contributed by atoms with van der Waals surface area (Å²) in [5.74, 6) is 0.0397. The molecule has 94 valence electrons. The second-order valence-electron chi connectivity index (χ2n) is 3.35. The summed E-state index contributed by atoms with van der Waals surface area (Å²) in [6.07, 6.45) is 0. The summed E-state index contributed by atoms with van der Waals surface area (Å²) >= 11 is 5.56. The highest BCUT2D eigenvalue weighted by Crippen LogP contribution is 2.31. The van der Waals surface area contributed by atoms with Crippen molar-refractivity contribution in [2.45, 2.75) is 0 Å². The van der Waals surface area contributed by atoms with Crippen LogP contribution in [0.1, 0.15) is 5.56 Å². The van der Waals surface area contributed by atoms with Crippen LogP contribution in [-0.4, -0.2) is 15.1 Å². The van der Waals surface area contributed by atoms with Gasteiger partial charge >= 0.3 is 5.69 Å². The van der Waals surface area contributed by atoms with Crippen LogP contribution in [0.4, 0.5) is 5.69 Å². The Labute approximate surface area is 112 Å². The lowest BCUT2D eigenvalue weighted by Crippen LogP contribution is -1.96. The van der Waals surface area contributed by atoms with Gasteiger partial charge in [-0.15, -0.1) is 10.2 Å². The maximum absolute atomic E-state index is 10.9. The van der Waals surface area contributed by atoms with E-state index in [0.29, 0.717) is 0 Å². The van der Waals surface area contributed by atoms with Gasteiger partial charge in [-0.1, -0.05) is 11.6 Å². The molecule has 8 heteroatoms. The number of halogens is 1. The second-order valence-corrected chi connectivity index (χ2v) is 3.74. The van der Waals surface area contributed by atoms with Crippen LogP contribution in [0.25, 0.3) is 0 Å². The third-order valence-corrected chi connectivity index (χ3v) is 2.31. The molecule has 2 aromatic rings. The number of nitrogens with zero attached hydrogens (tertiary/aromatic N) is 4. The van der Waals surface area contributed by atoms with Gasteiger partial charge in [-0.3, -0.25) is 10.1 Å². The first-order chi connectivity index (χ1) is 9.10. The molecule has 0 N–H and O–H groups in total. The molecule has 0 amide bonds. The zero-order chi connectivity index (χ0) is 13.8. The summed E-state index contributed by atoms with van der Waals surface area (Å²) < 4.78 is 5.24. The number of aromatic nitrogens is 2. The van der Waals surface area contributed by atoms with E-state index >= 15 is 0 Å². The molecular formula is C11H5ClN4O3. The Kier molecular flexibility index (Phi) is 3.54. The van der Waals surface area contributed by atoms with Crippen molar-refractivity contribution in [2.24, 2.45) is 0 Å². The molecule has 0 radical (unpaired) electrons. The van der Waals surface area contributed by atoms with E-state index in [0.717, 1.165) is 6.07 Å². The molecule has 1 heterocycles. The number of nitriles is 1. The summed E-state index contributed by atoms with van der Waals surface area (Å²) in [5, 5.41) is 27.0. The standard InChI is InChI=1S/C11H5ClN4O3/c12-10-3-4-11(15-14-10)19-9-2-1-7(6-13)5-8(9)16(17)18/h1-5H. The Hall–Kier alpha value is -2.72. The van der Waals surface area contributed by atoms with E-state index in [4.69, 9.17) is 21.6 Å². The third-order valence-electron chi connectivity index (χ3n) is 2.11.